The highest BCUT2D eigenvalue weighted by molar-refractivity contribution is 8.00. The Bertz CT molecular complexity index is 1670. The molecule has 0 saturated heterocycles. The van der Waals surface area contributed by atoms with E-state index in [9.17, 15) is 24.3 Å². The quantitative estimate of drug-likeness (QED) is 0.125. The number of primary amides is 1. The summed E-state index contributed by atoms with van der Waals surface area (Å²) >= 11 is 1.26. The van der Waals surface area contributed by atoms with Crippen molar-refractivity contribution in [1.29, 1.82) is 0 Å². The predicted octanol–water partition coefficient (Wildman–Crippen LogP) is 4.64. The fraction of sp³-hybridized carbons (Fsp3) is 0.0625. The molecule has 10 nitrogen and oxygen atoms in total. The van der Waals surface area contributed by atoms with Crippen molar-refractivity contribution in [2.75, 3.05) is 23.5 Å². The van der Waals surface area contributed by atoms with Crippen molar-refractivity contribution in [3.63, 3.8) is 0 Å². The number of phenols is 1. The molecule has 4 rings (SSSR count). The first-order chi connectivity index (χ1) is 20.7. The zero-order valence-electron chi connectivity index (χ0n) is 23.0. The summed E-state index contributed by atoms with van der Waals surface area (Å²) in [6.07, 6.45) is 1.45. The Morgan fingerprint density at radius 1 is 0.837 bits per heavy atom. The van der Waals surface area contributed by atoms with Gasteiger partial charge in [-0.3, -0.25) is 19.2 Å². The van der Waals surface area contributed by atoms with Crippen LogP contribution in [0.25, 0.3) is 6.08 Å². The van der Waals surface area contributed by atoms with Gasteiger partial charge in [-0.25, -0.2) is 0 Å². The summed E-state index contributed by atoms with van der Waals surface area (Å²) in [5, 5.41) is 18.0. The van der Waals surface area contributed by atoms with E-state index < -0.39 is 17.7 Å². The zero-order chi connectivity index (χ0) is 30.8. The molecule has 4 aromatic rings. The number of ether oxygens (including phenoxy) is 1. The minimum absolute atomic E-state index is 0.0164. The molecule has 0 aromatic heterocycles. The van der Waals surface area contributed by atoms with Crippen LogP contribution in [0.15, 0.2) is 108 Å². The Labute approximate surface area is 251 Å². The van der Waals surface area contributed by atoms with Gasteiger partial charge in [-0.15, -0.1) is 11.8 Å². The summed E-state index contributed by atoms with van der Waals surface area (Å²) in [6.45, 7) is 0. The molecule has 0 fully saturated rings. The second-order valence-electron chi connectivity index (χ2n) is 9.06. The fourth-order valence-electron chi connectivity index (χ4n) is 3.84. The molecule has 0 aliphatic carbocycles. The van der Waals surface area contributed by atoms with Crippen molar-refractivity contribution in [1.82, 2.24) is 5.32 Å². The summed E-state index contributed by atoms with van der Waals surface area (Å²) < 4.78 is 5.33. The van der Waals surface area contributed by atoms with Gasteiger partial charge in [-0.2, -0.15) is 0 Å². The molecule has 4 amide bonds. The van der Waals surface area contributed by atoms with Crippen LogP contribution in [0.5, 0.6) is 11.5 Å². The van der Waals surface area contributed by atoms with Crippen LogP contribution in [0, 0.1) is 0 Å². The monoisotopic (exact) mass is 596 g/mol. The van der Waals surface area contributed by atoms with Gasteiger partial charge >= 0.3 is 0 Å². The third-order valence-electron chi connectivity index (χ3n) is 5.96. The highest BCUT2D eigenvalue weighted by atomic mass is 32.2. The Hall–Kier alpha value is -5.55. The summed E-state index contributed by atoms with van der Waals surface area (Å²) in [6, 6.07) is 26.0. The maximum Gasteiger partial charge on any atom is 0.272 e. The number of nitrogens with one attached hydrogen (secondary N) is 3. The lowest BCUT2D eigenvalue weighted by Crippen LogP contribution is -2.30. The molecule has 0 heterocycles. The number of hydrogen-bond acceptors (Lipinski definition) is 7. The second kappa shape index (κ2) is 14.4. The normalized spacial score (nSPS) is 10.9. The Morgan fingerprint density at radius 2 is 1.58 bits per heavy atom. The van der Waals surface area contributed by atoms with Crippen LogP contribution in [-0.4, -0.2) is 41.6 Å². The van der Waals surface area contributed by atoms with Crippen LogP contribution < -0.4 is 26.4 Å². The zero-order valence-corrected chi connectivity index (χ0v) is 23.8. The number of carbonyl (C=O) groups excluding carboxylic acids is 4. The third-order valence-corrected chi connectivity index (χ3v) is 6.95. The van der Waals surface area contributed by atoms with Gasteiger partial charge in [-0.05, 0) is 72.8 Å². The summed E-state index contributed by atoms with van der Waals surface area (Å²) in [5.41, 5.74) is 7.31. The van der Waals surface area contributed by atoms with Crippen LogP contribution in [0.4, 0.5) is 11.4 Å². The molecule has 43 heavy (non-hydrogen) atoms. The fourth-order valence-corrected chi connectivity index (χ4v) is 4.60. The van der Waals surface area contributed by atoms with E-state index in [1.165, 1.54) is 49.2 Å². The number of carbonyl (C=O) groups is 4. The number of thioether (sulfide) groups is 1. The molecule has 0 radical (unpaired) electrons. The average Bonchev–Trinajstić information content (AvgIpc) is 3.01. The highest BCUT2D eigenvalue weighted by Gasteiger charge is 2.17. The van der Waals surface area contributed by atoms with Gasteiger partial charge in [0.1, 0.15) is 17.2 Å². The predicted molar refractivity (Wildman–Crippen MR) is 166 cm³/mol. The topological polar surface area (TPSA) is 160 Å². The van der Waals surface area contributed by atoms with Gasteiger partial charge in [0.05, 0.1) is 12.9 Å². The van der Waals surface area contributed by atoms with Crippen LogP contribution in [0.2, 0.25) is 0 Å². The minimum atomic E-state index is -0.598. The molecule has 6 N–H and O–H groups in total. The van der Waals surface area contributed by atoms with E-state index in [4.69, 9.17) is 10.5 Å². The van der Waals surface area contributed by atoms with Crippen molar-refractivity contribution >= 4 is 52.8 Å². The van der Waals surface area contributed by atoms with Gasteiger partial charge in [0.2, 0.25) is 11.8 Å². The lowest BCUT2D eigenvalue weighted by Gasteiger charge is -2.13. The smallest absolute Gasteiger partial charge is 0.272 e. The first kappa shape index (κ1) is 30.4. The number of phenolic OH excluding ortho intramolecular Hbond substituents is 1. The molecule has 11 heteroatoms. The van der Waals surface area contributed by atoms with E-state index in [1.54, 1.807) is 72.8 Å². The molecule has 0 aliphatic rings. The number of aromatic hydroxyl groups is 1. The van der Waals surface area contributed by atoms with Crippen LogP contribution in [-0.2, 0) is 9.59 Å². The second-order valence-corrected chi connectivity index (χ2v) is 10.1. The number of amides is 4. The number of hydrogen-bond donors (Lipinski definition) is 5. The Morgan fingerprint density at radius 3 is 2.28 bits per heavy atom. The summed E-state index contributed by atoms with van der Waals surface area (Å²) in [7, 11) is 1.43. The summed E-state index contributed by atoms with van der Waals surface area (Å²) in [4.78, 5) is 50.7. The summed E-state index contributed by atoms with van der Waals surface area (Å²) in [5.74, 6) is -1.52. The Balaban J connectivity index is 1.47. The number of benzene rings is 4. The van der Waals surface area contributed by atoms with Crippen molar-refractivity contribution in [2.24, 2.45) is 5.73 Å². The van der Waals surface area contributed by atoms with Crippen LogP contribution >= 0.6 is 11.8 Å². The van der Waals surface area contributed by atoms with E-state index in [0.717, 1.165) is 4.90 Å². The first-order valence-electron chi connectivity index (χ1n) is 12.9. The molecule has 0 saturated carbocycles. The molecule has 4 aromatic carbocycles. The highest BCUT2D eigenvalue weighted by Crippen LogP contribution is 2.27. The molecule has 0 unspecified atom stereocenters. The third kappa shape index (κ3) is 8.72. The van der Waals surface area contributed by atoms with Gasteiger partial charge in [0.15, 0.2) is 0 Å². The van der Waals surface area contributed by atoms with Crippen molar-refractivity contribution < 1.29 is 29.0 Å². The maximum atomic E-state index is 13.4. The van der Waals surface area contributed by atoms with Crippen LogP contribution in [0.1, 0.15) is 26.3 Å². The van der Waals surface area contributed by atoms with Crippen molar-refractivity contribution in [3.05, 3.63) is 119 Å². The van der Waals surface area contributed by atoms with Crippen molar-refractivity contribution in [3.8, 4) is 11.5 Å². The molecule has 0 aliphatic heterocycles. The van der Waals surface area contributed by atoms with E-state index in [-0.39, 0.29) is 23.1 Å². The largest absolute Gasteiger partial charge is 0.508 e. The SMILES string of the molecule is COc1cc(O)ccc1/C=C(/NC(=O)c1ccccc1)C(=O)Nc1cccc(SCC(=O)Nc2ccc(C(N)=O)cc2)c1. The average molecular weight is 597 g/mol. The number of methoxy groups -OCH3 is 1. The lowest BCUT2D eigenvalue weighted by atomic mass is 10.1. The number of nitrogens with two attached hydrogens (primary N) is 1. The lowest BCUT2D eigenvalue weighted by molar-refractivity contribution is -0.114. The molecule has 0 atom stereocenters. The molecule has 0 spiro atoms. The van der Waals surface area contributed by atoms with E-state index in [0.29, 0.717) is 33.8 Å². The molecular formula is C32H28N4O6S. The van der Waals surface area contributed by atoms with Crippen molar-refractivity contribution in [2.45, 2.75) is 4.90 Å². The van der Waals surface area contributed by atoms with Gasteiger partial charge in [0.25, 0.3) is 11.8 Å². The maximum absolute atomic E-state index is 13.4. The molecule has 0 bridgehead atoms. The van der Waals surface area contributed by atoms with Gasteiger partial charge in [-0.1, -0.05) is 24.3 Å². The van der Waals surface area contributed by atoms with Gasteiger partial charge < -0.3 is 31.5 Å². The van der Waals surface area contributed by atoms with E-state index in [2.05, 4.69) is 16.0 Å². The minimum Gasteiger partial charge on any atom is -0.508 e. The molecule has 218 valence electrons. The Kier molecular flexibility index (Phi) is 10.2. The van der Waals surface area contributed by atoms with Crippen LogP contribution in [0.3, 0.4) is 0 Å². The standard InChI is InChI=1S/C32H28N4O6S/c1-42-28-18-25(37)15-12-22(28)16-27(36-31(40)21-6-3-2-4-7-21)32(41)35-24-8-5-9-26(17-24)43-19-29(38)34-23-13-10-20(11-14-23)30(33)39/h2-18,37H,19H2,1H3,(H2,33,39)(H,34,38)(H,35,41)(H,36,40)/b27-16+. The van der Waals surface area contributed by atoms with E-state index >= 15 is 0 Å². The first-order valence-corrected chi connectivity index (χ1v) is 13.9. The molecular weight excluding hydrogens is 568 g/mol. The van der Waals surface area contributed by atoms with E-state index in [1.807, 2.05) is 0 Å². The van der Waals surface area contributed by atoms with Gasteiger partial charge in [0, 0.05) is 39.0 Å². The number of anilines is 2. The number of rotatable bonds is 11.